The van der Waals surface area contributed by atoms with E-state index < -0.39 is 6.85 Å². The van der Waals surface area contributed by atoms with E-state index in [2.05, 4.69) is 102 Å². The van der Waals surface area contributed by atoms with Crippen LogP contribution >= 0.6 is 0 Å². The third-order valence-electron chi connectivity index (χ3n) is 8.47. The summed E-state index contributed by atoms with van der Waals surface area (Å²) in [6, 6.07) is 44.8. The largest absolute Gasteiger partial charge is 0.486 e. The molecule has 8 rings (SSSR count). The van der Waals surface area contributed by atoms with E-state index in [-0.39, 0.29) is 25.8 Å². The number of aryl methyl sites for hydroxylation is 4. The van der Waals surface area contributed by atoms with Crippen molar-refractivity contribution in [2.45, 2.75) is 34.0 Å². The Hall–Kier alpha value is -5.22. The second kappa shape index (κ2) is 14.9. The van der Waals surface area contributed by atoms with Crippen LogP contribution in [0.15, 0.2) is 132 Å². The molecular formula is C44H35IrN3O-2. The third-order valence-corrected chi connectivity index (χ3v) is 8.47. The molecule has 0 unspecified atom stereocenters. The Bertz CT molecular complexity index is 2460. The van der Waals surface area contributed by atoms with Crippen molar-refractivity contribution in [3.05, 3.63) is 173 Å². The van der Waals surface area contributed by atoms with Crippen molar-refractivity contribution in [2.24, 2.45) is 0 Å². The molecule has 0 aliphatic rings. The monoisotopic (exact) mass is 817 g/mol. The molecule has 0 aliphatic carbocycles. The molecule has 4 aromatic heterocycles. The van der Waals surface area contributed by atoms with Gasteiger partial charge >= 0.3 is 0 Å². The van der Waals surface area contributed by atoms with E-state index in [1.54, 1.807) is 12.3 Å². The van der Waals surface area contributed by atoms with Gasteiger partial charge in [-0.15, -0.1) is 53.6 Å². The van der Waals surface area contributed by atoms with Crippen LogP contribution in [0.1, 0.15) is 37.6 Å². The van der Waals surface area contributed by atoms with Gasteiger partial charge in [-0.2, -0.15) is 0 Å². The summed E-state index contributed by atoms with van der Waals surface area (Å²) >= 11 is 0. The first-order valence-electron chi connectivity index (χ1n) is 17.4. The van der Waals surface area contributed by atoms with Crippen LogP contribution in [0.2, 0.25) is 0 Å². The molecule has 4 heterocycles. The van der Waals surface area contributed by atoms with Gasteiger partial charge in [0, 0.05) is 47.7 Å². The van der Waals surface area contributed by atoms with Gasteiger partial charge in [-0.25, -0.2) is 4.98 Å². The summed E-state index contributed by atoms with van der Waals surface area (Å²) in [5.41, 5.74) is 12.9. The Morgan fingerprint density at radius 2 is 1.53 bits per heavy atom. The van der Waals surface area contributed by atoms with Crippen LogP contribution in [-0.4, -0.2) is 15.0 Å². The van der Waals surface area contributed by atoms with E-state index in [0.717, 1.165) is 45.3 Å². The number of aromatic nitrogens is 3. The number of rotatable bonds is 5. The molecule has 8 aromatic rings. The van der Waals surface area contributed by atoms with Crippen LogP contribution in [0.4, 0.5) is 0 Å². The third kappa shape index (κ3) is 7.60. The van der Waals surface area contributed by atoms with E-state index in [1.807, 2.05) is 54.7 Å². The molecule has 0 spiro atoms. The standard InChI is InChI=1S/C30H21N2O.C14H14N.Ir/c1-20-10-15-26-25-8-5-9-27(29(25)33-30(26)32-20)28-19-22(16-17-31-28)18-21-11-13-24(14-12-21)23-6-3-2-4-7-23;1-10-4-6-13(7-5-10)14-8-11(2)12(3)9-15-14;/h2-8,10-17,19H,18H2,1H3;4-6,8-9H,1-3H3;/q2*-1;/i1D3;;. The Morgan fingerprint density at radius 1 is 0.714 bits per heavy atom. The summed E-state index contributed by atoms with van der Waals surface area (Å²) in [5, 5.41) is 1.62. The zero-order valence-corrected chi connectivity index (χ0v) is 29.8. The molecule has 0 aliphatic heterocycles. The number of nitrogens with zero attached hydrogens (tertiary/aromatic N) is 3. The fraction of sp³-hybridized carbons (Fsp3) is 0.114. The molecule has 5 heteroatoms. The summed E-state index contributed by atoms with van der Waals surface area (Å²) in [4.78, 5) is 13.2. The summed E-state index contributed by atoms with van der Waals surface area (Å²) in [6.07, 6.45) is 4.48. The molecule has 0 N–H and O–H groups in total. The Labute approximate surface area is 305 Å². The molecule has 49 heavy (non-hydrogen) atoms. The predicted octanol–water partition coefficient (Wildman–Crippen LogP) is 10.9. The summed E-state index contributed by atoms with van der Waals surface area (Å²) in [6.45, 7) is 3.95. The SMILES string of the molecule is Cc1c[c-]c(-c2cc(C)c(C)cn2)cc1.[2H]C([2H])([2H])c1ccc2c(n1)oc1c(-c3cc(Cc4ccc(-c5ccccc5)cc4)ccn3)[c-]ccc12.[Ir]. The van der Waals surface area contributed by atoms with Crippen molar-refractivity contribution in [3.8, 4) is 33.6 Å². The van der Waals surface area contributed by atoms with Crippen LogP contribution < -0.4 is 0 Å². The van der Waals surface area contributed by atoms with Crippen LogP contribution in [0.5, 0.6) is 0 Å². The molecule has 243 valence electrons. The van der Waals surface area contributed by atoms with Gasteiger partial charge in [-0.3, -0.25) is 0 Å². The maximum atomic E-state index is 7.64. The first-order chi connectivity index (χ1) is 24.6. The molecular weight excluding hydrogens is 779 g/mol. The van der Waals surface area contributed by atoms with Gasteiger partial charge in [-0.05, 0) is 84.5 Å². The maximum Gasteiger partial charge on any atom is 0.216 e. The van der Waals surface area contributed by atoms with E-state index in [0.29, 0.717) is 11.3 Å². The van der Waals surface area contributed by atoms with Gasteiger partial charge in [0.2, 0.25) is 5.71 Å². The van der Waals surface area contributed by atoms with Gasteiger partial charge in [0.05, 0.1) is 5.58 Å². The average Bonchev–Trinajstić information content (AvgIpc) is 3.52. The van der Waals surface area contributed by atoms with Crippen molar-refractivity contribution in [1.82, 2.24) is 15.0 Å². The molecule has 0 fully saturated rings. The first kappa shape index (κ1) is 29.9. The van der Waals surface area contributed by atoms with Gasteiger partial charge in [0.1, 0.15) is 0 Å². The molecule has 0 amide bonds. The number of hydrogen-bond donors (Lipinski definition) is 0. The van der Waals surface area contributed by atoms with Crippen LogP contribution in [0.25, 0.3) is 55.7 Å². The first-order valence-corrected chi connectivity index (χ1v) is 15.9. The second-order valence-electron chi connectivity index (χ2n) is 12.0. The minimum absolute atomic E-state index is 0. The number of pyridine rings is 3. The molecule has 0 bridgehead atoms. The predicted molar refractivity (Wildman–Crippen MR) is 196 cm³/mol. The normalized spacial score (nSPS) is 11.9. The fourth-order valence-electron chi connectivity index (χ4n) is 5.65. The molecule has 0 atom stereocenters. The van der Waals surface area contributed by atoms with E-state index in [4.69, 9.17) is 8.53 Å². The van der Waals surface area contributed by atoms with E-state index in [9.17, 15) is 0 Å². The Balaban J connectivity index is 0.000000244. The Kier molecular flexibility index (Phi) is 9.09. The van der Waals surface area contributed by atoms with Gasteiger partial charge < -0.3 is 14.4 Å². The quantitative estimate of drug-likeness (QED) is 0.162. The number of benzene rings is 4. The molecule has 0 saturated carbocycles. The van der Waals surface area contributed by atoms with Crippen molar-refractivity contribution >= 4 is 22.1 Å². The minimum Gasteiger partial charge on any atom is -0.486 e. The van der Waals surface area contributed by atoms with Gasteiger partial charge in [-0.1, -0.05) is 90.2 Å². The van der Waals surface area contributed by atoms with Gasteiger partial charge in [0.15, 0.2) is 0 Å². The number of fused-ring (bicyclic) bond motifs is 3. The summed E-state index contributed by atoms with van der Waals surface area (Å²) in [5.74, 6) is 0. The maximum absolute atomic E-state index is 7.64. The number of hydrogen-bond acceptors (Lipinski definition) is 4. The van der Waals surface area contributed by atoms with Crippen molar-refractivity contribution in [1.29, 1.82) is 0 Å². The van der Waals surface area contributed by atoms with E-state index in [1.165, 1.54) is 39.4 Å². The zero-order valence-electron chi connectivity index (χ0n) is 30.4. The van der Waals surface area contributed by atoms with Crippen molar-refractivity contribution in [2.75, 3.05) is 0 Å². The summed E-state index contributed by atoms with van der Waals surface area (Å²) < 4.78 is 29.0. The Morgan fingerprint density at radius 3 is 2.29 bits per heavy atom. The summed E-state index contributed by atoms with van der Waals surface area (Å²) in [7, 11) is 0. The molecule has 4 nitrogen and oxygen atoms in total. The van der Waals surface area contributed by atoms with Crippen molar-refractivity contribution < 1.29 is 28.6 Å². The topological polar surface area (TPSA) is 51.8 Å². The van der Waals surface area contributed by atoms with Crippen LogP contribution in [0.3, 0.4) is 0 Å². The average molecular weight is 817 g/mol. The second-order valence-corrected chi connectivity index (χ2v) is 12.0. The number of furan rings is 1. The van der Waals surface area contributed by atoms with Gasteiger partial charge in [0.25, 0.3) is 0 Å². The fourth-order valence-corrected chi connectivity index (χ4v) is 5.65. The smallest absolute Gasteiger partial charge is 0.216 e. The van der Waals surface area contributed by atoms with Crippen LogP contribution in [-0.2, 0) is 26.5 Å². The molecule has 4 aromatic carbocycles. The zero-order chi connectivity index (χ0) is 35.5. The minimum atomic E-state index is -2.29. The van der Waals surface area contributed by atoms with Crippen molar-refractivity contribution in [3.63, 3.8) is 0 Å². The van der Waals surface area contributed by atoms with Crippen LogP contribution in [0, 0.1) is 39.8 Å². The molecule has 0 saturated heterocycles. The molecule has 1 radical (unpaired) electrons. The van der Waals surface area contributed by atoms with E-state index >= 15 is 0 Å².